The molecule has 0 aliphatic carbocycles. The first kappa shape index (κ1) is 25.2. The van der Waals surface area contributed by atoms with E-state index in [0.717, 1.165) is 41.0 Å². The second-order valence-corrected chi connectivity index (χ2v) is 9.59. The summed E-state index contributed by atoms with van der Waals surface area (Å²) in [5.74, 6) is 13.4. The fourth-order valence-electron chi connectivity index (χ4n) is 4.68. The van der Waals surface area contributed by atoms with Gasteiger partial charge in [-0.1, -0.05) is 99.0 Å². The highest BCUT2D eigenvalue weighted by atomic mass is 16.5. The summed E-state index contributed by atoms with van der Waals surface area (Å²) in [6.45, 7) is 3.01. The zero-order chi connectivity index (χ0) is 26.0. The third-order valence-electron chi connectivity index (χ3n) is 6.78. The van der Waals surface area contributed by atoms with E-state index in [-0.39, 0.29) is 0 Å². The minimum atomic E-state index is 0.771. The summed E-state index contributed by atoms with van der Waals surface area (Å²) < 4.78 is 5.85. The van der Waals surface area contributed by atoms with Crippen molar-refractivity contribution in [2.24, 2.45) is 0 Å². The molecule has 0 saturated heterocycles. The molecule has 0 atom stereocenters. The average Bonchev–Trinajstić information content (AvgIpc) is 2.96. The van der Waals surface area contributed by atoms with Gasteiger partial charge in [-0.2, -0.15) is 0 Å². The summed E-state index contributed by atoms with van der Waals surface area (Å²) in [6.07, 6.45) is 6.21. The third-order valence-corrected chi connectivity index (χ3v) is 6.78. The van der Waals surface area contributed by atoms with Crippen LogP contribution < -0.4 is 4.74 Å². The Morgan fingerprint density at radius 3 is 2.08 bits per heavy atom. The third kappa shape index (κ3) is 6.45. The van der Waals surface area contributed by atoms with Gasteiger partial charge >= 0.3 is 0 Å². The number of hydrogen-bond donors (Lipinski definition) is 0. The van der Waals surface area contributed by atoms with Gasteiger partial charge < -0.3 is 4.74 Å². The van der Waals surface area contributed by atoms with Gasteiger partial charge in [-0.05, 0) is 99.5 Å². The normalized spacial score (nSPS) is 10.4. The standard InChI is InChI=1S/C37H32O/c1-2-3-4-5-12-25-38-36-23-19-29(20-24-36)13-6-7-14-30-15-10-11-18-37(30)34-22-21-33-26-31-16-8-9-17-32(31)27-35(33)28-34/h8-11,15-24,26-28H,2-5,12,25H2,1H3. The van der Waals surface area contributed by atoms with Gasteiger partial charge in [0.1, 0.15) is 5.75 Å². The van der Waals surface area contributed by atoms with E-state index in [0.29, 0.717) is 0 Å². The molecule has 0 saturated carbocycles. The number of hydrogen-bond acceptors (Lipinski definition) is 1. The molecule has 0 amide bonds. The molecule has 5 rings (SSSR count). The number of fused-ring (bicyclic) bond motifs is 2. The lowest BCUT2D eigenvalue weighted by Crippen LogP contribution is -1.97. The number of benzene rings is 5. The molecule has 0 aliphatic rings. The lowest BCUT2D eigenvalue weighted by Gasteiger charge is -2.08. The van der Waals surface area contributed by atoms with Crippen LogP contribution in [-0.4, -0.2) is 6.61 Å². The molecule has 0 aromatic heterocycles. The van der Waals surface area contributed by atoms with E-state index in [4.69, 9.17) is 4.74 Å². The molecule has 38 heavy (non-hydrogen) atoms. The first-order chi connectivity index (χ1) is 18.8. The summed E-state index contributed by atoms with van der Waals surface area (Å²) in [6, 6.07) is 35.9. The highest BCUT2D eigenvalue weighted by Gasteiger charge is 2.05. The maximum absolute atomic E-state index is 5.85. The fourth-order valence-corrected chi connectivity index (χ4v) is 4.68. The molecular weight excluding hydrogens is 460 g/mol. The summed E-state index contributed by atoms with van der Waals surface area (Å²) in [5.41, 5.74) is 4.19. The lowest BCUT2D eigenvalue weighted by atomic mass is 9.96. The number of ether oxygens (including phenoxy) is 1. The minimum absolute atomic E-state index is 0.771. The largest absolute Gasteiger partial charge is 0.494 e. The summed E-state index contributed by atoms with van der Waals surface area (Å²) in [5, 5.41) is 4.98. The van der Waals surface area contributed by atoms with Gasteiger partial charge in [0.25, 0.3) is 0 Å². The molecule has 5 aromatic rings. The van der Waals surface area contributed by atoms with Crippen molar-refractivity contribution in [3.63, 3.8) is 0 Å². The van der Waals surface area contributed by atoms with Crippen molar-refractivity contribution in [2.45, 2.75) is 39.0 Å². The Hall–Kier alpha value is -4.46. The van der Waals surface area contributed by atoms with Gasteiger partial charge in [0.05, 0.1) is 6.61 Å². The van der Waals surface area contributed by atoms with Crippen molar-refractivity contribution in [3.8, 4) is 40.6 Å². The maximum Gasteiger partial charge on any atom is 0.119 e. The highest BCUT2D eigenvalue weighted by Crippen LogP contribution is 2.29. The Morgan fingerprint density at radius 1 is 0.579 bits per heavy atom. The van der Waals surface area contributed by atoms with Crippen LogP contribution in [0.15, 0.2) is 103 Å². The van der Waals surface area contributed by atoms with Gasteiger partial charge in [0.2, 0.25) is 0 Å². The first-order valence-electron chi connectivity index (χ1n) is 13.6. The minimum Gasteiger partial charge on any atom is -0.494 e. The molecule has 186 valence electrons. The zero-order valence-corrected chi connectivity index (χ0v) is 22.0. The predicted molar refractivity (Wildman–Crippen MR) is 161 cm³/mol. The van der Waals surface area contributed by atoms with Crippen LogP contribution in [0.25, 0.3) is 32.7 Å². The summed E-state index contributed by atoms with van der Waals surface area (Å²) >= 11 is 0. The van der Waals surface area contributed by atoms with Crippen molar-refractivity contribution in [2.75, 3.05) is 6.61 Å². The number of rotatable bonds is 8. The van der Waals surface area contributed by atoms with Crippen LogP contribution in [-0.2, 0) is 0 Å². The van der Waals surface area contributed by atoms with Gasteiger partial charge in [0.15, 0.2) is 0 Å². The van der Waals surface area contributed by atoms with Crippen LogP contribution in [0, 0.1) is 23.7 Å². The molecular formula is C37H32O. The smallest absolute Gasteiger partial charge is 0.119 e. The van der Waals surface area contributed by atoms with Gasteiger partial charge in [0, 0.05) is 11.1 Å². The van der Waals surface area contributed by atoms with Crippen LogP contribution in [0.1, 0.15) is 50.2 Å². The average molecular weight is 493 g/mol. The molecule has 0 N–H and O–H groups in total. The van der Waals surface area contributed by atoms with E-state index in [1.807, 2.05) is 30.3 Å². The molecule has 0 spiro atoms. The Morgan fingerprint density at radius 2 is 1.26 bits per heavy atom. The molecule has 1 heteroatoms. The Balaban J connectivity index is 1.28. The van der Waals surface area contributed by atoms with E-state index in [1.54, 1.807) is 0 Å². The molecule has 0 radical (unpaired) electrons. The molecule has 0 heterocycles. The Bertz CT molecular complexity index is 1650. The quantitative estimate of drug-likeness (QED) is 0.119. The molecule has 5 aromatic carbocycles. The van der Waals surface area contributed by atoms with Crippen LogP contribution in [0.5, 0.6) is 5.75 Å². The monoisotopic (exact) mass is 492 g/mol. The van der Waals surface area contributed by atoms with E-state index >= 15 is 0 Å². The van der Waals surface area contributed by atoms with Crippen LogP contribution in [0.4, 0.5) is 0 Å². The van der Waals surface area contributed by atoms with E-state index in [2.05, 4.69) is 103 Å². The van der Waals surface area contributed by atoms with Gasteiger partial charge in [-0.3, -0.25) is 0 Å². The summed E-state index contributed by atoms with van der Waals surface area (Å²) in [4.78, 5) is 0. The topological polar surface area (TPSA) is 9.23 Å². The Kier molecular flexibility index (Phi) is 8.40. The number of unbranched alkanes of at least 4 members (excludes halogenated alkanes) is 4. The highest BCUT2D eigenvalue weighted by molar-refractivity contribution is 5.99. The van der Waals surface area contributed by atoms with Crippen LogP contribution >= 0.6 is 0 Å². The second kappa shape index (κ2) is 12.7. The Labute approximate surface area is 226 Å². The summed E-state index contributed by atoms with van der Waals surface area (Å²) in [7, 11) is 0. The van der Waals surface area contributed by atoms with Crippen molar-refractivity contribution in [3.05, 3.63) is 114 Å². The van der Waals surface area contributed by atoms with Gasteiger partial charge in [-0.15, -0.1) is 0 Å². The maximum atomic E-state index is 5.85. The second-order valence-electron chi connectivity index (χ2n) is 9.59. The SMILES string of the molecule is CCCCCCCOc1ccc(C#CC#Cc2ccccc2-c2ccc3cc4ccccc4cc3c2)cc1. The van der Waals surface area contributed by atoms with Crippen molar-refractivity contribution in [1.82, 2.24) is 0 Å². The van der Waals surface area contributed by atoms with E-state index < -0.39 is 0 Å². The van der Waals surface area contributed by atoms with E-state index in [1.165, 1.54) is 47.2 Å². The molecule has 0 aliphatic heterocycles. The molecule has 0 unspecified atom stereocenters. The van der Waals surface area contributed by atoms with Crippen molar-refractivity contribution >= 4 is 21.5 Å². The fraction of sp³-hybridized carbons (Fsp3) is 0.189. The molecule has 1 nitrogen and oxygen atoms in total. The zero-order valence-electron chi connectivity index (χ0n) is 22.0. The van der Waals surface area contributed by atoms with Gasteiger partial charge in [-0.25, -0.2) is 0 Å². The molecule has 0 fully saturated rings. The molecule has 0 bridgehead atoms. The predicted octanol–water partition coefficient (Wildman–Crippen LogP) is 9.41. The lowest BCUT2D eigenvalue weighted by molar-refractivity contribution is 0.304. The van der Waals surface area contributed by atoms with Crippen molar-refractivity contribution < 1.29 is 4.74 Å². The van der Waals surface area contributed by atoms with Crippen molar-refractivity contribution in [1.29, 1.82) is 0 Å². The van der Waals surface area contributed by atoms with Crippen LogP contribution in [0.3, 0.4) is 0 Å². The van der Waals surface area contributed by atoms with E-state index in [9.17, 15) is 0 Å². The van der Waals surface area contributed by atoms with Crippen LogP contribution in [0.2, 0.25) is 0 Å². The first-order valence-corrected chi connectivity index (χ1v) is 13.6.